The Morgan fingerprint density at radius 2 is 1.77 bits per heavy atom. The number of para-hydroxylation sites is 1. The standard InChI is InChI=1S/C23H24FN5O2/c1-15-19(14-26-29(15)21-5-3-2-4-20(21)24)23(31)27-17-6-8-18(9-7-17)28-12-10-16(11-13-28)22(25)30/h2-9,14,16H,10-13H2,1H3,(H2,25,30)(H,27,31). The van der Waals surface area contributed by atoms with E-state index < -0.39 is 5.82 Å². The molecule has 1 aromatic heterocycles. The van der Waals surface area contributed by atoms with Gasteiger partial charge in [-0.25, -0.2) is 9.07 Å². The van der Waals surface area contributed by atoms with Crippen LogP contribution in [0.25, 0.3) is 5.69 Å². The number of carbonyl (C=O) groups excluding carboxylic acids is 2. The molecule has 3 N–H and O–H groups in total. The molecule has 0 spiro atoms. The maximum Gasteiger partial charge on any atom is 0.259 e. The van der Waals surface area contributed by atoms with E-state index >= 15 is 0 Å². The summed E-state index contributed by atoms with van der Waals surface area (Å²) in [5, 5.41) is 7.04. The summed E-state index contributed by atoms with van der Waals surface area (Å²) in [4.78, 5) is 26.3. The number of amides is 2. The summed E-state index contributed by atoms with van der Waals surface area (Å²) < 4.78 is 15.5. The third-order valence-corrected chi connectivity index (χ3v) is 5.72. The van der Waals surface area contributed by atoms with Crippen molar-refractivity contribution < 1.29 is 14.0 Å². The van der Waals surface area contributed by atoms with E-state index in [1.54, 1.807) is 25.1 Å². The Hall–Kier alpha value is -3.68. The topological polar surface area (TPSA) is 93.2 Å². The zero-order chi connectivity index (χ0) is 22.0. The van der Waals surface area contributed by atoms with E-state index in [-0.39, 0.29) is 17.7 Å². The number of nitrogens with one attached hydrogen (secondary N) is 1. The summed E-state index contributed by atoms with van der Waals surface area (Å²) in [6.45, 7) is 3.27. The third-order valence-electron chi connectivity index (χ3n) is 5.72. The lowest BCUT2D eigenvalue weighted by atomic mass is 9.96. The van der Waals surface area contributed by atoms with E-state index in [0.29, 0.717) is 22.6 Å². The van der Waals surface area contributed by atoms with Crippen LogP contribution in [0.15, 0.2) is 54.7 Å². The predicted octanol–water partition coefficient (Wildman–Crippen LogP) is 3.27. The quantitative estimate of drug-likeness (QED) is 0.661. The van der Waals surface area contributed by atoms with E-state index in [9.17, 15) is 14.0 Å². The summed E-state index contributed by atoms with van der Waals surface area (Å²) in [5.74, 6) is -0.999. The van der Waals surface area contributed by atoms with Crippen molar-refractivity contribution in [2.75, 3.05) is 23.3 Å². The summed E-state index contributed by atoms with van der Waals surface area (Å²) in [6, 6.07) is 13.8. The minimum Gasteiger partial charge on any atom is -0.371 e. The second kappa shape index (κ2) is 8.59. The molecule has 0 saturated carbocycles. The van der Waals surface area contributed by atoms with Gasteiger partial charge in [-0.15, -0.1) is 0 Å². The Bertz CT molecular complexity index is 1100. The van der Waals surface area contributed by atoms with Gasteiger partial charge in [0, 0.05) is 30.4 Å². The fourth-order valence-corrected chi connectivity index (χ4v) is 3.88. The second-order valence-corrected chi connectivity index (χ2v) is 7.67. The molecule has 0 bridgehead atoms. The van der Waals surface area contributed by atoms with Crippen LogP contribution in [0, 0.1) is 18.7 Å². The van der Waals surface area contributed by atoms with Crippen LogP contribution in [0.1, 0.15) is 28.9 Å². The molecule has 1 aliphatic rings. The summed E-state index contributed by atoms with van der Waals surface area (Å²) >= 11 is 0. The molecule has 2 amide bonds. The van der Waals surface area contributed by atoms with E-state index in [0.717, 1.165) is 31.6 Å². The van der Waals surface area contributed by atoms with Gasteiger partial charge in [0.2, 0.25) is 5.91 Å². The molecule has 4 rings (SSSR count). The molecule has 1 saturated heterocycles. The number of piperidine rings is 1. The van der Waals surface area contributed by atoms with E-state index in [2.05, 4.69) is 15.3 Å². The smallest absolute Gasteiger partial charge is 0.259 e. The highest BCUT2D eigenvalue weighted by Crippen LogP contribution is 2.25. The molecule has 1 aliphatic heterocycles. The maximum atomic E-state index is 14.1. The molecular formula is C23H24FN5O2. The summed E-state index contributed by atoms with van der Waals surface area (Å²) in [5.41, 5.74) is 8.30. The second-order valence-electron chi connectivity index (χ2n) is 7.67. The van der Waals surface area contributed by atoms with Crippen LogP contribution in [0.2, 0.25) is 0 Å². The molecule has 2 heterocycles. The number of nitrogens with zero attached hydrogens (tertiary/aromatic N) is 3. The van der Waals surface area contributed by atoms with Gasteiger partial charge in [-0.3, -0.25) is 9.59 Å². The Labute approximate surface area is 179 Å². The van der Waals surface area contributed by atoms with Crippen LogP contribution >= 0.6 is 0 Å². The average Bonchev–Trinajstić information content (AvgIpc) is 3.16. The van der Waals surface area contributed by atoms with Crippen molar-refractivity contribution in [3.8, 4) is 5.69 Å². The van der Waals surface area contributed by atoms with Gasteiger partial charge in [-0.1, -0.05) is 12.1 Å². The van der Waals surface area contributed by atoms with Gasteiger partial charge in [0.05, 0.1) is 17.5 Å². The monoisotopic (exact) mass is 421 g/mol. The Morgan fingerprint density at radius 1 is 1.10 bits per heavy atom. The molecule has 160 valence electrons. The highest BCUT2D eigenvalue weighted by molar-refractivity contribution is 6.05. The Morgan fingerprint density at radius 3 is 2.42 bits per heavy atom. The van der Waals surface area contributed by atoms with Gasteiger partial charge < -0.3 is 16.0 Å². The number of rotatable bonds is 5. The molecule has 8 heteroatoms. The van der Waals surface area contributed by atoms with Crippen LogP contribution in [-0.4, -0.2) is 34.7 Å². The van der Waals surface area contributed by atoms with Crippen molar-refractivity contribution in [2.24, 2.45) is 11.7 Å². The number of nitrogens with two attached hydrogens (primary N) is 1. The molecular weight excluding hydrogens is 397 g/mol. The number of primary amides is 1. The third kappa shape index (κ3) is 4.28. The number of benzene rings is 2. The van der Waals surface area contributed by atoms with Crippen molar-refractivity contribution in [3.05, 3.63) is 71.8 Å². The molecule has 0 aliphatic carbocycles. The van der Waals surface area contributed by atoms with Crippen LogP contribution in [0.5, 0.6) is 0 Å². The van der Waals surface area contributed by atoms with Crippen molar-refractivity contribution in [3.63, 3.8) is 0 Å². The van der Waals surface area contributed by atoms with Crippen LogP contribution in [0.3, 0.4) is 0 Å². The normalized spacial score (nSPS) is 14.5. The Kier molecular flexibility index (Phi) is 5.70. The van der Waals surface area contributed by atoms with Crippen LogP contribution < -0.4 is 16.0 Å². The molecule has 3 aromatic rings. The van der Waals surface area contributed by atoms with Gasteiger partial charge in [0.1, 0.15) is 11.5 Å². The molecule has 7 nitrogen and oxygen atoms in total. The first-order valence-electron chi connectivity index (χ1n) is 10.2. The number of hydrogen-bond donors (Lipinski definition) is 2. The van der Waals surface area contributed by atoms with Crippen molar-refractivity contribution in [1.29, 1.82) is 0 Å². The molecule has 0 atom stereocenters. The van der Waals surface area contributed by atoms with E-state index in [1.165, 1.54) is 16.9 Å². The predicted molar refractivity (Wildman–Crippen MR) is 117 cm³/mol. The van der Waals surface area contributed by atoms with Gasteiger partial charge in [-0.2, -0.15) is 5.10 Å². The largest absolute Gasteiger partial charge is 0.371 e. The number of carbonyl (C=O) groups is 2. The van der Waals surface area contributed by atoms with Gasteiger partial charge in [0.25, 0.3) is 5.91 Å². The van der Waals surface area contributed by atoms with Crippen LogP contribution in [-0.2, 0) is 4.79 Å². The Balaban J connectivity index is 1.43. The van der Waals surface area contributed by atoms with Crippen molar-refractivity contribution in [2.45, 2.75) is 19.8 Å². The van der Waals surface area contributed by atoms with Crippen molar-refractivity contribution >= 4 is 23.2 Å². The van der Waals surface area contributed by atoms with E-state index in [1.807, 2.05) is 24.3 Å². The van der Waals surface area contributed by atoms with Gasteiger partial charge in [-0.05, 0) is 56.2 Å². The first-order valence-corrected chi connectivity index (χ1v) is 10.2. The SMILES string of the molecule is Cc1c(C(=O)Nc2ccc(N3CCC(C(N)=O)CC3)cc2)cnn1-c1ccccc1F. The number of anilines is 2. The van der Waals surface area contributed by atoms with Crippen LogP contribution in [0.4, 0.5) is 15.8 Å². The fourth-order valence-electron chi connectivity index (χ4n) is 3.88. The first-order chi connectivity index (χ1) is 14.9. The van der Waals surface area contributed by atoms with Gasteiger partial charge in [0.15, 0.2) is 0 Å². The number of aromatic nitrogens is 2. The average molecular weight is 421 g/mol. The number of hydrogen-bond acceptors (Lipinski definition) is 4. The lowest BCUT2D eigenvalue weighted by molar-refractivity contribution is -0.122. The zero-order valence-electron chi connectivity index (χ0n) is 17.2. The first kappa shape index (κ1) is 20.6. The van der Waals surface area contributed by atoms with Gasteiger partial charge >= 0.3 is 0 Å². The molecule has 2 aromatic carbocycles. The molecule has 0 radical (unpaired) electrons. The molecule has 31 heavy (non-hydrogen) atoms. The van der Waals surface area contributed by atoms with E-state index in [4.69, 9.17) is 5.73 Å². The lowest BCUT2D eigenvalue weighted by Crippen LogP contribution is -2.38. The molecule has 1 fully saturated rings. The minimum atomic E-state index is -0.406. The highest BCUT2D eigenvalue weighted by atomic mass is 19.1. The summed E-state index contributed by atoms with van der Waals surface area (Å²) in [6.07, 6.45) is 2.94. The maximum absolute atomic E-state index is 14.1. The van der Waals surface area contributed by atoms with Crippen molar-refractivity contribution in [1.82, 2.24) is 9.78 Å². The fraction of sp³-hybridized carbons (Fsp3) is 0.261. The zero-order valence-corrected chi connectivity index (χ0v) is 17.2. The number of halogens is 1. The summed E-state index contributed by atoms with van der Waals surface area (Å²) in [7, 11) is 0. The lowest BCUT2D eigenvalue weighted by Gasteiger charge is -2.32. The molecule has 0 unspecified atom stereocenters. The minimum absolute atomic E-state index is 0.0525. The highest BCUT2D eigenvalue weighted by Gasteiger charge is 2.23.